The van der Waals surface area contributed by atoms with Crippen LogP contribution in [0.1, 0.15) is 37.0 Å². The molecule has 5 heteroatoms. The number of aliphatic hydroxyl groups is 1. The molecule has 2 N–H and O–H groups in total. The average molecular weight is 290 g/mol. The van der Waals surface area contributed by atoms with Gasteiger partial charge in [0, 0.05) is 36.9 Å². The van der Waals surface area contributed by atoms with Crippen LogP contribution in [-0.4, -0.2) is 36.1 Å². The Kier molecular flexibility index (Phi) is 4.96. The van der Waals surface area contributed by atoms with Gasteiger partial charge in [-0.1, -0.05) is 6.92 Å². The summed E-state index contributed by atoms with van der Waals surface area (Å²) in [5, 5.41) is 11.9. The second-order valence-electron chi connectivity index (χ2n) is 5.62. The van der Waals surface area contributed by atoms with Crippen molar-refractivity contribution in [2.45, 2.75) is 32.7 Å². The zero-order valence-electron chi connectivity index (χ0n) is 12.5. The van der Waals surface area contributed by atoms with E-state index < -0.39 is 0 Å². The molecule has 1 aromatic carbocycles. The Morgan fingerprint density at radius 2 is 2.00 bits per heavy atom. The number of carbonyl (C=O) groups excluding carboxylic acids is 2. The van der Waals surface area contributed by atoms with E-state index in [2.05, 4.69) is 5.32 Å². The predicted molar refractivity (Wildman–Crippen MR) is 81.2 cm³/mol. The number of carbonyl (C=O) groups is 2. The van der Waals surface area contributed by atoms with Crippen LogP contribution >= 0.6 is 0 Å². The highest BCUT2D eigenvalue weighted by molar-refractivity contribution is 5.97. The maximum Gasteiger partial charge on any atom is 0.251 e. The number of anilines is 1. The fourth-order valence-electron chi connectivity index (χ4n) is 2.30. The number of hydrogen-bond acceptors (Lipinski definition) is 3. The Bertz CT molecular complexity index is 513. The number of amides is 2. The molecular weight excluding hydrogens is 268 g/mol. The number of hydrogen-bond donors (Lipinski definition) is 2. The molecule has 0 radical (unpaired) electrons. The van der Waals surface area contributed by atoms with Crippen LogP contribution in [0.2, 0.25) is 0 Å². The topological polar surface area (TPSA) is 69.6 Å². The maximum atomic E-state index is 12.1. The zero-order chi connectivity index (χ0) is 15.4. The van der Waals surface area contributed by atoms with Crippen molar-refractivity contribution in [1.82, 2.24) is 5.32 Å². The van der Waals surface area contributed by atoms with E-state index in [4.69, 9.17) is 5.11 Å². The molecule has 1 fully saturated rings. The van der Waals surface area contributed by atoms with Crippen LogP contribution in [0.15, 0.2) is 24.3 Å². The first-order chi connectivity index (χ1) is 10.0. The van der Waals surface area contributed by atoms with Crippen molar-refractivity contribution >= 4 is 17.5 Å². The van der Waals surface area contributed by atoms with Gasteiger partial charge in [-0.25, -0.2) is 0 Å². The average Bonchev–Trinajstić information content (AvgIpc) is 2.92. The van der Waals surface area contributed by atoms with Gasteiger partial charge < -0.3 is 15.3 Å². The molecule has 2 amide bonds. The molecular formula is C16H22N2O3. The minimum Gasteiger partial charge on any atom is -0.396 e. The molecule has 2 unspecified atom stereocenters. The second-order valence-corrected chi connectivity index (χ2v) is 5.62. The third-order valence-electron chi connectivity index (χ3n) is 4.01. The lowest BCUT2D eigenvalue weighted by atomic mass is 10.0. The molecule has 2 atom stereocenters. The molecule has 1 aliphatic rings. The summed E-state index contributed by atoms with van der Waals surface area (Å²) in [5.74, 6) is -0.0184. The van der Waals surface area contributed by atoms with Gasteiger partial charge in [0.05, 0.1) is 0 Å². The molecule has 0 saturated carbocycles. The van der Waals surface area contributed by atoms with Gasteiger partial charge in [-0.3, -0.25) is 9.59 Å². The molecule has 1 heterocycles. The van der Waals surface area contributed by atoms with E-state index in [9.17, 15) is 9.59 Å². The van der Waals surface area contributed by atoms with Crippen LogP contribution in [0, 0.1) is 5.92 Å². The monoisotopic (exact) mass is 290 g/mol. The molecule has 2 rings (SSSR count). The number of aliphatic hydroxyl groups excluding tert-OH is 1. The highest BCUT2D eigenvalue weighted by atomic mass is 16.3. The standard InChI is InChI=1S/C16H22N2O3/c1-11(10-19)12(2)17-16(21)13-5-7-14(8-6-13)18-9-3-4-15(18)20/h5-8,11-12,19H,3-4,9-10H2,1-2H3,(H,17,21). The molecule has 21 heavy (non-hydrogen) atoms. The first-order valence-electron chi connectivity index (χ1n) is 7.35. The van der Waals surface area contributed by atoms with E-state index in [1.807, 2.05) is 13.8 Å². The van der Waals surface area contributed by atoms with E-state index in [1.165, 1.54) is 0 Å². The van der Waals surface area contributed by atoms with Crippen molar-refractivity contribution in [2.24, 2.45) is 5.92 Å². The minimum atomic E-state index is -0.165. The number of nitrogens with zero attached hydrogens (tertiary/aromatic N) is 1. The molecule has 0 bridgehead atoms. The van der Waals surface area contributed by atoms with Gasteiger partial charge in [0.1, 0.15) is 0 Å². The van der Waals surface area contributed by atoms with E-state index >= 15 is 0 Å². The van der Waals surface area contributed by atoms with Crippen molar-refractivity contribution < 1.29 is 14.7 Å². The van der Waals surface area contributed by atoms with Crippen LogP contribution in [0.5, 0.6) is 0 Å². The summed E-state index contributed by atoms with van der Waals surface area (Å²) >= 11 is 0. The molecule has 5 nitrogen and oxygen atoms in total. The number of benzene rings is 1. The van der Waals surface area contributed by atoms with Gasteiger partial charge in [-0.2, -0.15) is 0 Å². The van der Waals surface area contributed by atoms with Crippen molar-refractivity contribution in [1.29, 1.82) is 0 Å². The normalized spacial score (nSPS) is 17.7. The summed E-state index contributed by atoms with van der Waals surface area (Å²) in [6.07, 6.45) is 1.48. The van der Waals surface area contributed by atoms with Gasteiger partial charge in [0.2, 0.25) is 5.91 Å². The van der Waals surface area contributed by atoms with Gasteiger partial charge in [-0.15, -0.1) is 0 Å². The lowest BCUT2D eigenvalue weighted by Crippen LogP contribution is -2.38. The zero-order valence-corrected chi connectivity index (χ0v) is 12.5. The van der Waals surface area contributed by atoms with E-state index in [0.717, 1.165) is 18.7 Å². The Labute approximate surface area is 125 Å². The van der Waals surface area contributed by atoms with Crippen LogP contribution in [0.25, 0.3) is 0 Å². The molecule has 0 spiro atoms. The Morgan fingerprint density at radius 1 is 1.33 bits per heavy atom. The molecule has 1 saturated heterocycles. The highest BCUT2D eigenvalue weighted by Crippen LogP contribution is 2.21. The smallest absolute Gasteiger partial charge is 0.251 e. The maximum absolute atomic E-state index is 12.1. The molecule has 0 aromatic heterocycles. The largest absolute Gasteiger partial charge is 0.396 e. The lowest BCUT2D eigenvalue weighted by Gasteiger charge is -2.20. The summed E-state index contributed by atoms with van der Waals surface area (Å²) in [7, 11) is 0. The van der Waals surface area contributed by atoms with Gasteiger partial charge >= 0.3 is 0 Å². The third-order valence-corrected chi connectivity index (χ3v) is 4.01. The van der Waals surface area contributed by atoms with Gasteiger partial charge in [0.25, 0.3) is 5.91 Å². The lowest BCUT2D eigenvalue weighted by molar-refractivity contribution is -0.117. The number of rotatable bonds is 5. The Balaban J connectivity index is 2.01. The SMILES string of the molecule is CC(CO)C(C)NC(=O)c1ccc(N2CCCC2=O)cc1. The van der Waals surface area contributed by atoms with Crippen molar-refractivity contribution in [3.05, 3.63) is 29.8 Å². The molecule has 0 aliphatic carbocycles. The van der Waals surface area contributed by atoms with Crippen LogP contribution < -0.4 is 10.2 Å². The first kappa shape index (κ1) is 15.5. The first-order valence-corrected chi connectivity index (χ1v) is 7.35. The Morgan fingerprint density at radius 3 is 2.52 bits per heavy atom. The summed E-state index contributed by atoms with van der Waals surface area (Å²) in [5.41, 5.74) is 1.40. The van der Waals surface area contributed by atoms with E-state index in [1.54, 1.807) is 29.2 Å². The van der Waals surface area contributed by atoms with E-state index in [-0.39, 0.29) is 30.4 Å². The Hall–Kier alpha value is -1.88. The van der Waals surface area contributed by atoms with Crippen molar-refractivity contribution in [3.63, 3.8) is 0 Å². The van der Waals surface area contributed by atoms with Crippen molar-refractivity contribution in [2.75, 3.05) is 18.1 Å². The van der Waals surface area contributed by atoms with Crippen LogP contribution in [0.4, 0.5) is 5.69 Å². The quantitative estimate of drug-likeness (QED) is 0.864. The highest BCUT2D eigenvalue weighted by Gasteiger charge is 2.22. The summed E-state index contributed by atoms with van der Waals surface area (Å²) in [4.78, 5) is 25.5. The minimum absolute atomic E-state index is 0.00967. The van der Waals surface area contributed by atoms with Crippen LogP contribution in [0.3, 0.4) is 0 Å². The number of nitrogens with one attached hydrogen (secondary N) is 1. The molecule has 114 valence electrons. The fraction of sp³-hybridized carbons (Fsp3) is 0.500. The van der Waals surface area contributed by atoms with Crippen molar-refractivity contribution in [3.8, 4) is 0 Å². The van der Waals surface area contributed by atoms with Gasteiger partial charge in [0.15, 0.2) is 0 Å². The second kappa shape index (κ2) is 6.72. The summed E-state index contributed by atoms with van der Waals surface area (Å²) < 4.78 is 0. The van der Waals surface area contributed by atoms with Crippen LogP contribution in [-0.2, 0) is 4.79 Å². The van der Waals surface area contributed by atoms with E-state index in [0.29, 0.717) is 12.0 Å². The predicted octanol–water partition coefficient (Wildman–Crippen LogP) is 1.56. The van der Waals surface area contributed by atoms with Gasteiger partial charge in [-0.05, 0) is 43.5 Å². The third kappa shape index (κ3) is 3.61. The fourth-order valence-corrected chi connectivity index (χ4v) is 2.30. The summed E-state index contributed by atoms with van der Waals surface area (Å²) in [6.45, 7) is 4.54. The molecule has 1 aromatic rings. The molecule has 1 aliphatic heterocycles. The summed E-state index contributed by atoms with van der Waals surface area (Å²) in [6, 6.07) is 6.97.